The second-order valence-electron chi connectivity index (χ2n) is 7.02. The maximum Gasteiger partial charge on any atom is 0.251 e. The second-order valence-corrected chi connectivity index (χ2v) is 7.02. The van der Waals surface area contributed by atoms with Crippen LogP contribution in [0.1, 0.15) is 53.7 Å². The van der Waals surface area contributed by atoms with Crippen molar-refractivity contribution in [3.05, 3.63) is 71.1 Å². The van der Waals surface area contributed by atoms with Crippen LogP contribution in [0.2, 0.25) is 0 Å². The van der Waals surface area contributed by atoms with Crippen molar-refractivity contribution in [2.75, 3.05) is 0 Å². The SMILES string of the molecule is CC[C@H](C)[C@H](NC(=O)c1ccc(C)cc1)c1nc(-c2ccc(C)cc2)no1. The zero-order valence-electron chi connectivity index (χ0n) is 16.2. The number of amides is 1. The molecule has 0 aliphatic heterocycles. The maximum absolute atomic E-state index is 12.7. The van der Waals surface area contributed by atoms with Crippen LogP contribution in [0.15, 0.2) is 53.1 Å². The fourth-order valence-electron chi connectivity index (χ4n) is 2.79. The minimum Gasteiger partial charge on any atom is -0.340 e. The fraction of sp³-hybridized carbons (Fsp3) is 0.318. The molecule has 1 N–H and O–H groups in total. The lowest BCUT2D eigenvalue weighted by atomic mass is 9.98. The molecule has 0 bridgehead atoms. The third kappa shape index (κ3) is 4.42. The quantitative estimate of drug-likeness (QED) is 0.678. The van der Waals surface area contributed by atoms with Crippen LogP contribution in [0.3, 0.4) is 0 Å². The van der Waals surface area contributed by atoms with Gasteiger partial charge < -0.3 is 9.84 Å². The first-order chi connectivity index (χ1) is 13.0. The molecule has 2 aromatic carbocycles. The highest BCUT2D eigenvalue weighted by atomic mass is 16.5. The molecule has 5 nitrogen and oxygen atoms in total. The van der Waals surface area contributed by atoms with Gasteiger partial charge in [-0.25, -0.2) is 0 Å². The van der Waals surface area contributed by atoms with Gasteiger partial charge in [0.1, 0.15) is 6.04 Å². The molecule has 0 saturated heterocycles. The number of nitrogens with zero attached hydrogens (tertiary/aromatic N) is 2. The van der Waals surface area contributed by atoms with Crippen LogP contribution in [0.5, 0.6) is 0 Å². The van der Waals surface area contributed by atoms with E-state index in [1.807, 2.05) is 62.4 Å². The lowest BCUT2D eigenvalue weighted by molar-refractivity contribution is 0.0910. The van der Waals surface area contributed by atoms with Crippen LogP contribution in [0.25, 0.3) is 11.4 Å². The summed E-state index contributed by atoms with van der Waals surface area (Å²) >= 11 is 0. The molecule has 1 aromatic heterocycles. The predicted octanol–water partition coefficient (Wildman–Crippen LogP) is 4.87. The molecule has 3 rings (SSSR count). The first-order valence-electron chi connectivity index (χ1n) is 9.26. The lowest BCUT2D eigenvalue weighted by Gasteiger charge is -2.20. The summed E-state index contributed by atoms with van der Waals surface area (Å²) in [6, 6.07) is 15.1. The van der Waals surface area contributed by atoms with E-state index in [0.29, 0.717) is 17.3 Å². The summed E-state index contributed by atoms with van der Waals surface area (Å²) < 4.78 is 5.51. The summed E-state index contributed by atoms with van der Waals surface area (Å²) in [5.41, 5.74) is 3.80. The normalized spacial score (nSPS) is 13.2. The number of carbonyl (C=O) groups excluding carboxylic acids is 1. The van der Waals surface area contributed by atoms with E-state index in [9.17, 15) is 4.79 Å². The Morgan fingerprint density at radius 1 is 1.04 bits per heavy atom. The van der Waals surface area contributed by atoms with Crippen molar-refractivity contribution >= 4 is 5.91 Å². The predicted molar refractivity (Wildman–Crippen MR) is 105 cm³/mol. The minimum absolute atomic E-state index is 0.143. The van der Waals surface area contributed by atoms with Crippen molar-refractivity contribution in [3.8, 4) is 11.4 Å². The Morgan fingerprint density at radius 3 is 2.22 bits per heavy atom. The Balaban J connectivity index is 1.83. The van der Waals surface area contributed by atoms with Crippen LogP contribution in [-0.2, 0) is 0 Å². The molecule has 0 aliphatic carbocycles. The zero-order chi connectivity index (χ0) is 19.4. The summed E-state index contributed by atoms with van der Waals surface area (Å²) in [6.07, 6.45) is 0.876. The van der Waals surface area contributed by atoms with Gasteiger partial charge in [0.25, 0.3) is 5.91 Å². The average molecular weight is 363 g/mol. The first-order valence-corrected chi connectivity index (χ1v) is 9.26. The molecule has 1 amide bonds. The van der Waals surface area contributed by atoms with Gasteiger partial charge in [-0.2, -0.15) is 4.98 Å². The smallest absolute Gasteiger partial charge is 0.251 e. The van der Waals surface area contributed by atoms with E-state index in [0.717, 1.165) is 17.5 Å². The number of carbonyl (C=O) groups is 1. The largest absolute Gasteiger partial charge is 0.340 e. The molecule has 0 unspecified atom stereocenters. The van der Waals surface area contributed by atoms with Gasteiger partial charge in [0.15, 0.2) is 0 Å². The number of nitrogens with one attached hydrogen (secondary N) is 1. The maximum atomic E-state index is 12.7. The first kappa shape index (κ1) is 18.8. The summed E-state index contributed by atoms with van der Waals surface area (Å²) in [6.45, 7) is 8.17. The molecule has 1 heterocycles. The highest BCUT2D eigenvalue weighted by Crippen LogP contribution is 2.26. The highest BCUT2D eigenvalue weighted by Gasteiger charge is 2.26. The standard InChI is InChI=1S/C22H25N3O2/c1-5-16(4)19(23-21(26)18-12-8-15(3)9-13-18)22-24-20(25-27-22)17-10-6-14(2)7-11-17/h6-13,16,19H,5H2,1-4H3,(H,23,26)/t16-,19-/m0/s1. The Kier molecular flexibility index (Phi) is 5.69. The molecule has 140 valence electrons. The minimum atomic E-state index is -0.337. The second kappa shape index (κ2) is 8.16. The number of hydrogen-bond donors (Lipinski definition) is 1. The van der Waals surface area contributed by atoms with Crippen LogP contribution in [-0.4, -0.2) is 16.0 Å². The van der Waals surface area contributed by atoms with Gasteiger partial charge in [-0.15, -0.1) is 0 Å². The van der Waals surface area contributed by atoms with Crippen LogP contribution < -0.4 is 5.32 Å². The molecule has 0 spiro atoms. The number of rotatable bonds is 6. The van der Waals surface area contributed by atoms with Gasteiger partial charge in [-0.05, 0) is 31.9 Å². The van der Waals surface area contributed by atoms with Crippen molar-refractivity contribution in [2.24, 2.45) is 5.92 Å². The summed E-state index contributed by atoms with van der Waals surface area (Å²) in [5, 5.41) is 7.17. The van der Waals surface area contributed by atoms with E-state index in [2.05, 4.69) is 29.3 Å². The zero-order valence-corrected chi connectivity index (χ0v) is 16.2. The monoisotopic (exact) mass is 363 g/mol. The van der Waals surface area contributed by atoms with Gasteiger partial charge >= 0.3 is 0 Å². The fourth-order valence-corrected chi connectivity index (χ4v) is 2.79. The molecule has 2 atom stereocenters. The van der Waals surface area contributed by atoms with Crippen molar-refractivity contribution in [1.29, 1.82) is 0 Å². The van der Waals surface area contributed by atoms with Crippen LogP contribution in [0, 0.1) is 19.8 Å². The van der Waals surface area contributed by atoms with E-state index >= 15 is 0 Å². The highest BCUT2D eigenvalue weighted by molar-refractivity contribution is 5.94. The molecule has 0 saturated carbocycles. The summed E-state index contributed by atoms with van der Waals surface area (Å²) in [5.74, 6) is 0.976. The summed E-state index contributed by atoms with van der Waals surface area (Å²) in [4.78, 5) is 17.2. The molecule has 0 radical (unpaired) electrons. The van der Waals surface area contributed by atoms with Crippen LogP contribution in [0.4, 0.5) is 0 Å². The average Bonchev–Trinajstić information content (AvgIpc) is 3.16. The van der Waals surface area contributed by atoms with Crippen LogP contribution >= 0.6 is 0 Å². The van der Waals surface area contributed by atoms with E-state index in [-0.39, 0.29) is 17.9 Å². The van der Waals surface area contributed by atoms with E-state index in [4.69, 9.17) is 4.52 Å². The number of aryl methyl sites for hydroxylation is 2. The molecule has 0 aliphatic rings. The Hall–Kier alpha value is -2.95. The van der Waals surface area contributed by atoms with Gasteiger partial charge in [0, 0.05) is 11.1 Å². The molecule has 3 aromatic rings. The number of hydrogen-bond acceptors (Lipinski definition) is 4. The summed E-state index contributed by atoms with van der Waals surface area (Å²) in [7, 11) is 0. The van der Waals surface area contributed by atoms with Crippen molar-refractivity contribution in [3.63, 3.8) is 0 Å². The Morgan fingerprint density at radius 2 is 1.63 bits per heavy atom. The Bertz CT molecular complexity index is 898. The third-order valence-electron chi connectivity index (χ3n) is 4.83. The van der Waals surface area contributed by atoms with Gasteiger partial charge in [-0.3, -0.25) is 4.79 Å². The topological polar surface area (TPSA) is 68.0 Å². The Labute approximate surface area is 159 Å². The van der Waals surface area contributed by atoms with E-state index in [1.165, 1.54) is 5.56 Å². The van der Waals surface area contributed by atoms with Crippen molar-refractivity contribution in [1.82, 2.24) is 15.5 Å². The van der Waals surface area contributed by atoms with Gasteiger partial charge in [0.2, 0.25) is 11.7 Å². The van der Waals surface area contributed by atoms with Gasteiger partial charge in [-0.1, -0.05) is 73.0 Å². The number of aromatic nitrogens is 2. The molecule has 27 heavy (non-hydrogen) atoms. The van der Waals surface area contributed by atoms with Gasteiger partial charge in [0.05, 0.1) is 0 Å². The molecule has 5 heteroatoms. The van der Waals surface area contributed by atoms with E-state index < -0.39 is 0 Å². The molecule has 0 fully saturated rings. The number of benzene rings is 2. The molecular formula is C22H25N3O2. The lowest BCUT2D eigenvalue weighted by Crippen LogP contribution is -2.32. The van der Waals surface area contributed by atoms with Crippen molar-refractivity contribution < 1.29 is 9.32 Å². The third-order valence-corrected chi connectivity index (χ3v) is 4.83. The van der Waals surface area contributed by atoms with E-state index in [1.54, 1.807) is 0 Å². The van der Waals surface area contributed by atoms with Crippen molar-refractivity contribution in [2.45, 2.75) is 40.2 Å². The molecular weight excluding hydrogens is 338 g/mol.